The van der Waals surface area contributed by atoms with E-state index in [0.717, 1.165) is 17.7 Å². The summed E-state index contributed by atoms with van der Waals surface area (Å²) in [6.45, 7) is 8.66. The minimum Gasteiger partial charge on any atom is -0.312 e. The number of pyridine rings is 1. The molecule has 0 amide bonds. The Bertz CT molecular complexity index is 478. The van der Waals surface area contributed by atoms with E-state index in [2.05, 4.69) is 13.8 Å². The summed E-state index contributed by atoms with van der Waals surface area (Å²) < 4.78 is 1.70. The van der Waals surface area contributed by atoms with Crippen LogP contribution >= 0.6 is 0 Å². The molecule has 0 unspecified atom stereocenters. The summed E-state index contributed by atoms with van der Waals surface area (Å²) in [6, 6.07) is 3.89. The third kappa shape index (κ3) is 2.52. The molecule has 1 aromatic heterocycles. The minimum atomic E-state index is -0.152. The number of aromatic nitrogens is 1. The summed E-state index contributed by atoms with van der Waals surface area (Å²) in [5.74, 6) is 0.554. The van der Waals surface area contributed by atoms with Gasteiger partial charge in [0.1, 0.15) is 11.6 Å². The standard InChI is InChI=1S/C13H18N2O/c1-9(2)5-6-15-11(4)7-10(3)12(8-14)13(15)16/h7,9H,5-6H2,1-4H3. The zero-order chi connectivity index (χ0) is 12.3. The molecular formula is C13H18N2O. The van der Waals surface area contributed by atoms with Gasteiger partial charge in [-0.3, -0.25) is 4.79 Å². The first kappa shape index (κ1) is 12.5. The molecule has 0 spiro atoms. The van der Waals surface area contributed by atoms with E-state index < -0.39 is 0 Å². The topological polar surface area (TPSA) is 45.8 Å². The number of rotatable bonds is 3. The second kappa shape index (κ2) is 4.98. The highest BCUT2D eigenvalue weighted by Crippen LogP contribution is 2.08. The van der Waals surface area contributed by atoms with Crippen LogP contribution in [0, 0.1) is 31.1 Å². The van der Waals surface area contributed by atoms with Crippen molar-refractivity contribution < 1.29 is 0 Å². The molecule has 0 aliphatic heterocycles. The fourth-order valence-corrected chi connectivity index (χ4v) is 1.73. The van der Waals surface area contributed by atoms with Gasteiger partial charge >= 0.3 is 0 Å². The zero-order valence-corrected chi connectivity index (χ0v) is 10.4. The molecule has 3 heteroatoms. The molecule has 0 aliphatic carbocycles. The summed E-state index contributed by atoms with van der Waals surface area (Å²) in [7, 11) is 0. The van der Waals surface area contributed by atoms with Crippen molar-refractivity contribution in [1.82, 2.24) is 4.57 Å². The molecule has 0 atom stereocenters. The van der Waals surface area contributed by atoms with Gasteiger partial charge in [-0.2, -0.15) is 5.26 Å². The van der Waals surface area contributed by atoms with Crippen LogP contribution in [-0.2, 0) is 6.54 Å². The van der Waals surface area contributed by atoms with Crippen LogP contribution in [0.3, 0.4) is 0 Å². The second-order valence-electron chi connectivity index (χ2n) is 4.59. The Morgan fingerprint density at radius 3 is 2.56 bits per heavy atom. The fraction of sp³-hybridized carbons (Fsp3) is 0.538. The lowest BCUT2D eigenvalue weighted by Crippen LogP contribution is -2.26. The van der Waals surface area contributed by atoms with Crippen molar-refractivity contribution in [3.63, 3.8) is 0 Å². The molecule has 16 heavy (non-hydrogen) atoms. The van der Waals surface area contributed by atoms with E-state index >= 15 is 0 Å². The van der Waals surface area contributed by atoms with Gasteiger partial charge < -0.3 is 4.57 Å². The molecule has 0 aliphatic rings. The molecule has 1 rings (SSSR count). The maximum atomic E-state index is 12.0. The van der Waals surface area contributed by atoms with E-state index in [1.165, 1.54) is 0 Å². The molecule has 1 aromatic rings. The first-order chi connectivity index (χ1) is 7.47. The van der Waals surface area contributed by atoms with Crippen molar-refractivity contribution in [3.8, 4) is 6.07 Å². The first-order valence-electron chi connectivity index (χ1n) is 5.58. The third-order valence-electron chi connectivity index (χ3n) is 2.75. The van der Waals surface area contributed by atoms with Gasteiger partial charge in [0.15, 0.2) is 0 Å². The average molecular weight is 218 g/mol. The van der Waals surface area contributed by atoms with E-state index in [1.807, 2.05) is 19.1 Å². The van der Waals surface area contributed by atoms with E-state index in [0.29, 0.717) is 12.5 Å². The van der Waals surface area contributed by atoms with Crippen molar-refractivity contribution in [1.29, 1.82) is 5.26 Å². The first-order valence-corrected chi connectivity index (χ1v) is 5.58. The molecule has 0 N–H and O–H groups in total. The molecule has 86 valence electrons. The molecule has 0 saturated carbocycles. The van der Waals surface area contributed by atoms with Crippen LogP contribution in [0.25, 0.3) is 0 Å². The average Bonchev–Trinajstić information content (AvgIpc) is 2.16. The molecule has 0 radical (unpaired) electrons. The summed E-state index contributed by atoms with van der Waals surface area (Å²) in [5.41, 5.74) is 1.82. The molecule has 0 saturated heterocycles. The van der Waals surface area contributed by atoms with Crippen LogP contribution in [0.15, 0.2) is 10.9 Å². The number of aryl methyl sites for hydroxylation is 2. The number of hydrogen-bond acceptors (Lipinski definition) is 2. The van der Waals surface area contributed by atoms with Gasteiger partial charge in [0.25, 0.3) is 5.56 Å². The molecular weight excluding hydrogens is 200 g/mol. The van der Waals surface area contributed by atoms with Crippen LogP contribution in [0.5, 0.6) is 0 Å². The highest BCUT2D eigenvalue weighted by Gasteiger charge is 2.09. The molecule has 1 heterocycles. The highest BCUT2D eigenvalue weighted by atomic mass is 16.1. The maximum Gasteiger partial charge on any atom is 0.268 e. The zero-order valence-electron chi connectivity index (χ0n) is 10.4. The third-order valence-corrected chi connectivity index (χ3v) is 2.75. The van der Waals surface area contributed by atoms with Crippen LogP contribution in [-0.4, -0.2) is 4.57 Å². The van der Waals surface area contributed by atoms with Crippen LogP contribution < -0.4 is 5.56 Å². The molecule has 0 fully saturated rings. The van der Waals surface area contributed by atoms with E-state index in [-0.39, 0.29) is 11.1 Å². The second-order valence-corrected chi connectivity index (χ2v) is 4.59. The Morgan fingerprint density at radius 2 is 2.06 bits per heavy atom. The van der Waals surface area contributed by atoms with Gasteiger partial charge in [0.2, 0.25) is 0 Å². The Hall–Kier alpha value is -1.56. The Balaban J connectivity index is 3.20. The van der Waals surface area contributed by atoms with Crippen LogP contribution in [0.1, 0.15) is 37.1 Å². The lowest BCUT2D eigenvalue weighted by molar-refractivity contribution is 0.501. The van der Waals surface area contributed by atoms with Gasteiger partial charge in [-0.1, -0.05) is 13.8 Å². The predicted octanol–water partition coefficient (Wildman–Crippen LogP) is 2.38. The van der Waals surface area contributed by atoms with E-state index in [9.17, 15) is 4.79 Å². The van der Waals surface area contributed by atoms with Gasteiger partial charge in [0.05, 0.1) is 0 Å². The lowest BCUT2D eigenvalue weighted by Gasteiger charge is -2.12. The maximum absolute atomic E-state index is 12.0. The smallest absolute Gasteiger partial charge is 0.268 e. The van der Waals surface area contributed by atoms with E-state index in [1.54, 1.807) is 11.5 Å². The van der Waals surface area contributed by atoms with Crippen molar-refractivity contribution in [2.45, 2.75) is 40.7 Å². The molecule has 3 nitrogen and oxygen atoms in total. The summed E-state index contributed by atoms with van der Waals surface area (Å²) in [4.78, 5) is 12.0. The van der Waals surface area contributed by atoms with Crippen molar-refractivity contribution >= 4 is 0 Å². The summed E-state index contributed by atoms with van der Waals surface area (Å²) in [5, 5.41) is 8.93. The summed E-state index contributed by atoms with van der Waals surface area (Å²) >= 11 is 0. The fourth-order valence-electron chi connectivity index (χ4n) is 1.73. The Kier molecular flexibility index (Phi) is 3.89. The van der Waals surface area contributed by atoms with Crippen molar-refractivity contribution in [2.24, 2.45) is 5.92 Å². The monoisotopic (exact) mass is 218 g/mol. The van der Waals surface area contributed by atoms with Crippen molar-refractivity contribution in [2.75, 3.05) is 0 Å². The SMILES string of the molecule is Cc1cc(C)n(CCC(C)C)c(=O)c1C#N. The number of hydrogen-bond donors (Lipinski definition) is 0. The number of nitriles is 1. The van der Waals surface area contributed by atoms with Crippen LogP contribution in [0.4, 0.5) is 0 Å². The van der Waals surface area contributed by atoms with Crippen LogP contribution in [0.2, 0.25) is 0 Å². The largest absolute Gasteiger partial charge is 0.312 e. The lowest BCUT2D eigenvalue weighted by atomic mass is 10.1. The molecule has 0 aromatic carbocycles. The quantitative estimate of drug-likeness (QED) is 0.782. The van der Waals surface area contributed by atoms with Gasteiger partial charge in [-0.25, -0.2) is 0 Å². The summed E-state index contributed by atoms with van der Waals surface area (Å²) in [6.07, 6.45) is 0.953. The highest BCUT2D eigenvalue weighted by molar-refractivity contribution is 5.36. The predicted molar refractivity (Wildman–Crippen MR) is 64.3 cm³/mol. The Labute approximate surface area is 96.3 Å². The molecule has 0 bridgehead atoms. The van der Waals surface area contributed by atoms with Crippen molar-refractivity contribution in [3.05, 3.63) is 33.2 Å². The normalized spacial score (nSPS) is 10.5. The van der Waals surface area contributed by atoms with Gasteiger partial charge in [-0.05, 0) is 37.8 Å². The number of nitrogens with zero attached hydrogens (tertiary/aromatic N) is 2. The minimum absolute atomic E-state index is 0.152. The van der Waals surface area contributed by atoms with Gasteiger partial charge in [0, 0.05) is 12.2 Å². The Morgan fingerprint density at radius 1 is 1.44 bits per heavy atom. The van der Waals surface area contributed by atoms with E-state index in [4.69, 9.17) is 5.26 Å². The van der Waals surface area contributed by atoms with Gasteiger partial charge in [-0.15, -0.1) is 0 Å².